The number of hydrogen-bond donors (Lipinski definition) is 1. The van der Waals surface area contributed by atoms with Crippen LogP contribution in [0.4, 0.5) is 13.2 Å². The van der Waals surface area contributed by atoms with Crippen LogP contribution in [-0.4, -0.2) is 11.0 Å². The summed E-state index contributed by atoms with van der Waals surface area (Å²) in [6, 6.07) is -0.196. The van der Waals surface area contributed by atoms with Gasteiger partial charge in [0.15, 0.2) is 5.01 Å². The van der Waals surface area contributed by atoms with E-state index < -0.39 is 11.2 Å². The molecule has 0 fully saturated rings. The standard InChI is InChI=1S/C8H11F3N2S/c1-4(5(2)12)6-3-14-7(13-6)8(9,10)11/h3-5H,12H2,1-2H3. The summed E-state index contributed by atoms with van der Waals surface area (Å²) < 4.78 is 36.5. The van der Waals surface area contributed by atoms with Crippen molar-refractivity contribution in [3.8, 4) is 0 Å². The Bertz CT molecular complexity index is 306. The van der Waals surface area contributed by atoms with Crippen LogP contribution in [0.1, 0.15) is 30.5 Å². The molecule has 2 atom stereocenters. The van der Waals surface area contributed by atoms with Crippen LogP contribution >= 0.6 is 11.3 Å². The van der Waals surface area contributed by atoms with E-state index in [1.54, 1.807) is 13.8 Å². The van der Waals surface area contributed by atoms with Crippen LogP contribution in [0, 0.1) is 0 Å². The SMILES string of the molecule is CC(N)C(C)c1csc(C(F)(F)F)n1. The molecule has 1 aromatic rings. The van der Waals surface area contributed by atoms with Crippen LogP contribution in [-0.2, 0) is 6.18 Å². The quantitative estimate of drug-likeness (QED) is 0.838. The molecule has 1 rings (SSSR count). The summed E-state index contributed by atoms with van der Waals surface area (Å²) in [4.78, 5) is 3.52. The highest BCUT2D eigenvalue weighted by molar-refractivity contribution is 7.09. The molecule has 0 aliphatic carbocycles. The van der Waals surface area contributed by atoms with Gasteiger partial charge >= 0.3 is 6.18 Å². The van der Waals surface area contributed by atoms with E-state index in [-0.39, 0.29) is 12.0 Å². The number of rotatable bonds is 2. The first kappa shape index (κ1) is 11.5. The number of aromatic nitrogens is 1. The molecule has 0 spiro atoms. The first-order valence-corrected chi connectivity index (χ1v) is 4.98. The fraction of sp³-hybridized carbons (Fsp3) is 0.625. The molecule has 0 saturated heterocycles. The highest BCUT2D eigenvalue weighted by Gasteiger charge is 2.35. The predicted octanol–water partition coefficient (Wildman–Crippen LogP) is 2.61. The van der Waals surface area contributed by atoms with E-state index in [1.807, 2.05) is 0 Å². The molecule has 14 heavy (non-hydrogen) atoms. The zero-order valence-corrected chi connectivity index (χ0v) is 8.62. The normalized spacial score (nSPS) is 16.7. The molecule has 2 unspecified atom stereocenters. The summed E-state index contributed by atoms with van der Waals surface area (Å²) in [5.41, 5.74) is 5.98. The molecular weight excluding hydrogens is 213 g/mol. The van der Waals surface area contributed by atoms with Crippen LogP contribution in [0.15, 0.2) is 5.38 Å². The lowest BCUT2D eigenvalue weighted by molar-refractivity contribution is -0.137. The van der Waals surface area contributed by atoms with E-state index in [9.17, 15) is 13.2 Å². The summed E-state index contributed by atoms with van der Waals surface area (Å²) in [6.45, 7) is 3.51. The average molecular weight is 224 g/mol. The Hall–Kier alpha value is -0.620. The third-order valence-electron chi connectivity index (χ3n) is 2.02. The lowest BCUT2D eigenvalue weighted by Gasteiger charge is -2.12. The van der Waals surface area contributed by atoms with Gasteiger partial charge in [-0.25, -0.2) is 4.98 Å². The Morgan fingerprint density at radius 3 is 2.36 bits per heavy atom. The Labute approximate surface area is 84.0 Å². The van der Waals surface area contributed by atoms with Gasteiger partial charge in [0.2, 0.25) is 0 Å². The number of halogens is 3. The molecule has 0 aliphatic heterocycles. The molecule has 1 aromatic heterocycles. The molecule has 0 aromatic carbocycles. The van der Waals surface area contributed by atoms with Crippen LogP contribution < -0.4 is 5.73 Å². The largest absolute Gasteiger partial charge is 0.443 e. The second-order valence-corrected chi connectivity index (χ2v) is 4.08. The highest BCUT2D eigenvalue weighted by Crippen LogP contribution is 2.33. The molecule has 2 N–H and O–H groups in total. The van der Waals surface area contributed by atoms with Gasteiger partial charge in [0, 0.05) is 17.3 Å². The van der Waals surface area contributed by atoms with E-state index in [1.165, 1.54) is 5.38 Å². The number of hydrogen-bond acceptors (Lipinski definition) is 3. The minimum atomic E-state index is -4.35. The van der Waals surface area contributed by atoms with Crippen molar-refractivity contribution < 1.29 is 13.2 Å². The minimum Gasteiger partial charge on any atom is -0.327 e. The summed E-state index contributed by atoms with van der Waals surface area (Å²) in [6.07, 6.45) is -4.35. The first-order valence-electron chi connectivity index (χ1n) is 4.10. The van der Waals surface area contributed by atoms with Crippen LogP contribution in [0.2, 0.25) is 0 Å². The van der Waals surface area contributed by atoms with E-state index in [4.69, 9.17) is 5.73 Å². The maximum Gasteiger partial charge on any atom is 0.443 e. The van der Waals surface area contributed by atoms with Crippen LogP contribution in [0.3, 0.4) is 0 Å². The third kappa shape index (κ3) is 2.45. The van der Waals surface area contributed by atoms with Crippen molar-refractivity contribution in [1.29, 1.82) is 0 Å². The molecule has 0 amide bonds. The molecule has 1 heterocycles. The van der Waals surface area contributed by atoms with Crippen molar-refractivity contribution in [3.63, 3.8) is 0 Å². The van der Waals surface area contributed by atoms with Gasteiger partial charge in [-0.1, -0.05) is 6.92 Å². The predicted molar refractivity (Wildman–Crippen MR) is 49.2 cm³/mol. The zero-order chi connectivity index (χ0) is 10.9. The second kappa shape index (κ2) is 3.86. The van der Waals surface area contributed by atoms with Gasteiger partial charge in [0.25, 0.3) is 0 Å². The molecule has 6 heteroatoms. The van der Waals surface area contributed by atoms with E-state index in [2.05, 4.69) is 4.98 Å². The monoisotopic (exact) mass is 224 g/mol. The molecule has 0 radical (unpaired) electrons. The van der Waals surface area contributed by atoms with Gasteiger partial charge in [-0.2, -0.15) is 13.2 Å². The molecule has 80 valence electrons. The van der Waals surface area contributed by atoms with Gasteiger partial charge in [0.05, 0.1) is 5.69 Å². The molecule has 2 nitrogen and oxygen atoms in total. The topological polar surface area (TPSA) is 38.9 Å². The minimum absolute atomic E-state index is 0.151. The zero-order valence-electron chi connectivity index (χ0n) is 7.80. The smallest absolute Gasteiger partial charge is 0.327 e. The van der Waals surface area contributed by atoms with Crippen molar-refractivity contribution in [3.05, 3.63) is 16.1 Å². The van der Waals surface area contributed by atoms with Gasteiger partial charge < -0.3 is 5.73 Å². The van der Waals surface area contributed by atoms with Crippen LogP contribution in [0.25, 0.3) is 0 Å². The first-order chi connectivity index (χ1) is 6.32. The maximum absolute atomic E-state index is 12.2. The summed E-state index contributed by atoms with van der Waals surface area (Å²) in [5, 5.41) is 0.608. The molecule has 0 aliphatic rings. The van der Waals surface area contributed by atoms with Gasteiger partial charge in [-0.15, -0.1) is 11.3 Å². The average Bonchev–Trinajstić information content (AvgIpc) is 2.49. The van der Waals surface area contributed by atoms with Gasteiger partial charge in [0.1, 0.15) is 0 Å². The lowest BCUT2D eigenvalue weighted by Crippen LogP contribution is -2.22. The molecular formula is C8H11F3N2S. The summed E-state index contributed by atoms with van der Waals surface area (Å²) in [7, 11) is 0. The van der Waals surface area contributed by atoms with Gasteiger partial charge in [-0.3, -0.25) is 0 Å². The number of alkyl halides is 3. The Kier molecular flexibility index (Phi) is 3.16. The van der Waals surface area contributed by atoms with Crippen molar-refractivity contribution >= 4 is 11.3 Å². The van der Waals surface area contributed by atoms with Gasteiger partial charge in [-0.05, 0) is 6.92 Å². The second-order valence-electron chi connectivity index (χ2n) is 3.22. The van der Waals surface area contributed by atoms with Crippen molar-refractivity contribution in [1.82, 2.24) is 4.98 Å². The van der Waals surface area contributed by atoms with E-state index in [0.717, 1.165) is 0 Å². The lowest BCUT2D eigenvalue weighted by atomic mass is 10.0. The number of thiazole rings is 1. The summed E-state index contributed by atoms with van der Waals surface area (Å²) >= 11 is 0.611. The summed E-state index contributed by atoms with van der Waals surface area (Å²) in [5.74, 6) is -0.151. The van der Waals surface area contributed by atoms with Crippen LogP contribution in [0.5, 0.6) is 0 Å². The fourth-order valence-electron chi connectivity index (χ4n) is 0.895. The maximum atomic E-state index is 12.2. The Balaban J connectivity index is 2.89. The fourth-order valence-corrected chi connectivity index (χ4v) is 1.69. The van der Waals surface area contributed by atoms with Crippen molar-refractivity contribution in [2.45, 2.75) is 32.0 Å². The van der Waals surface area contributed by atoms with Crippen molar-refractivity contribution in [2.75, 3.05) is 0 Å². The highest BCUT2D eigenvalue weighted by atomic mass is 32.1. The van der Waals surface area contributed by atoms with Crippen molar-refractivity contribution in [2.24, 2.45) is 5.73 Å². The number of nitrogens with zero attached hydrogens (tertiary/aromatic N) is 1. The van der Waals surface area contributed by atoms with E-state index >= 15 is 0 Å². The molecule has 0 bridgehead atoms. The molecule has 0 saturated carbocycles. The number of nitrogens with two attached hydrogens (primary N) is 1. The van der Waals surface area contributed by atoms with E-state index in [0.29, 0.717) is 17.0 Å². The third-order valence-corrected chi connectivity index (χ3v) is 2.92. The Morgan fingerprint density at radius 2 is 2.00 bits per heavy atom. The Morgan fingerprint density at radius 1 is 1.43 bits per heavy atom.